The van der Waals surface area contributed by atoms with Crippen LogP contribution in [0.3, 0.4) is 0 Å². The second-order valence-corrected chi connectivity index (χ2v) is 4.50. The maximum Gasteiger partial charge on any atom is 0.142 e. The monoisotopic (exact) mass is 297 g/mol. The van der Waals surface area contributed by atoms with E-state index in [0.29, 0.717) is 15.8 Å². The van der Waals surface area contributed by atoms with Crippen molar-refractivity contribution in [3.05, 3.63) is 58.2 Å². The second-order valence-electron chi connectivity index (χ2n) is 3.65. The van der Waals surface area contributed by atoms with Crippen molar-refractivity contribution in [1.82, 2.24) is 5.32 Å². The van der Waals surface area contributed by atoms with E-state index in [1.807, 2.05) is 19.1 Å². The van der Waals surface area contributed by atoms with Crippen LogP contribution in [0.2, 0.25) is 0 Å². The molecule has 0 aliphatic rings. The molecule has 0 bridgehead atoms. The third kappa shape index (κ3) is 2.58. The molecule has 90 valence electrons. The summed E-state index contributed by atoms with van der Waals surface area (Å²) in [6.07, 6.45) is 1.59. The summed E-state index contributed by atoms with van der Waals surface area (Å²) in [5, 5.41) is 3.21. The van der Waals surface area contributed by atoms with Gasteiger partial charge in [-0.05, 0) is 40.7 Å². The molecule has 0 radical (unpaired) electrons. The van der Waals surface area contributed by atoms with Crippen LogP contribution in [0.5, 0.6) is 0 Å². The van der Waals surface area contributed by atoms with Crippen molar-refractivity contribution in [3.63, 3.8) is 0 Å². The SMILES string of the molecule is CCNC(c1ccco1)c1cccc(Br)c1F. The van der Waals surface area contributed by atoms with Gasteiger partial charge in [-0.3, -0.25) is 0 Å². The fraction of sp³-hybridized carbons (Fsp3) is 0.231. The molecular formula is C13H13BrFNO. The minimum Gasteiger partial charge on any atom is -0.467 e. The molecule has 1 atom stereocenters. The maximum absolute atomic E-state index is 14.0. The molecule has 0 fully saturated rings. The average molecular weight is 298 g/mol. The Morgan fingerprint density at radius 2 is 2.18 bits per heavy atom. The Kier molecular flexibility index (Phi) is 3.97. The largest absolute Gasteiger partial charge is 0.467 e. The number of benzene rings is 1. The number of rotatable bonds is 4. The Morgan fingerprint density at radius 3 is 2.82 bits per heavy atom. The third-order valence-corrected chi connectivity index (χ3v) is 3.14. The van der Waals surface area contributed by atoms with Crippen LogP contribution in [0.1, 0.15) is 24.3 Å². The van der Waals surface area contributed by atoms with Crippen molar-refractivity contribution in [2.45, 2.75) is 13.0 Å². The first kappa shape index (κ1) is 12.3. The fourth-order valence-electron chi connectivity index (χ4n) is 1.77. The lowest BCUT2D eigenvalue weighted by Gasteiger charge is -2.17. The second kappa shape index (κ2) is 5.47. The van der Waals surface area contributed by atoms with Crippen molar-refractivity contribution in [2.75, 3.05) is 6.54 Å². The molecule has 2 nitrogen and oxygen atoms in total. The lowest BCUT2D eigenvalue weighted by atomic mass is 10.0. The van der Waals surface area contributed by atoms with Crippen molar-refractivity contribution < 1.29 is 8.81 Å². The van der Waals surface area contributed by atoms with Crippen LogP contribution < -0.4 is 5.32 Å². The molecule has 1 aromatic carbocycles. The van der Waals surface area contributed by atoms with Gasteiger partial charge < -0.3 is 9.73 Å². The van der Waals surface area contributed by atoms with E-state index in [0.717, 1.165) is 6.54 Å². The van der Waals surface area contributed by atoms with Crippen LogP contribution in [-0.2, 0) is 0 Å². The van der Waals surface area contributed by atoms with Gasteiger partial charge in [0, 0.05) is 5.56 Å². The molecule has 0 amide bonds. The molecule has 1 heterocycles. The Labute approximate surface area is 108 Å². The van der Waals surface area contributed by atoms with Gasteiger partial charge in [0.25, 0.3) is 0 Å². The zero-order chi connectivity index (χ0) is 12.3. The molecule has 0 saturated carbocycles. The van der Waals surface area contributed by atoms with Crippen molar-refractivity contribution in [3.8, 4) is 0 Å². The highest BCUT2D eigenvalue weighted by Crippen LogP contribution is 2.28. The summed E-state index contributed by atoms with van der Waals surface area (Å²) in [4.78, 5) is 0. The molecule has 0 saturated heterocycles. The molecule has 1 aromatic heterocycles. The van der Waals surface area contributed by atoms with Gasteiger partial charge in [0.1, 0.15) is 11.6 Å². The van der Waals surface area contributed by atoms with Gasteiger partial charge in [-0.15, -0.1) is 0 Å². The number of furan rings is 1. The minimum absolute atomic E-state index is 0.255. The molecule has 0 aliphatic heterocycles. The van der Waals surface area contributed by atoms with E-state index in [4.69, 9.17) is 4.42 Å². The van der Waals surface area contributed by atoms with E-state index >= 15 is 0 Å². The summed E-state index contributed by atoms with van der Waals surface area (Å²) < 4.78 is 19.9. The Morgan fingerprint density at radius 1 is 1.35 bits per heavy atom. The Hall–Kier alpha value is -1.13. The number of halogens is 2. The van der Waals surface area contributed by atoms with Crippen LogP contribution in [0.25, 0.3) is 0 Å². The molecule has 2 aromatic rings. The number of hydrogen-bond acceptors (Lipinski definition) is 2. The van der Waals surface area contributed by atoms with Crippen LogP contribution in [-0.4, -0.2) is 6.54 Å². The first-order chi connectivity index (χ1) is 8.24. The van der Waals surface area contributed by atoms with Crippen LogP contribution >= 0.6 is 15.9 Å². The lowest BCUT2D eigenvalue weighted by Crippen LogP contribution is -2.22. The van der Waals surface area contributed by atoms with Gasteiger partial charge >= 0.3 is 0 Å². The number of hydrogen-bond donors (Lipinski definition) is 1. The fourth-order valence-corrected chi connectivity index (χ4v) is 2.15. The zero-order valence-electron chi connectivity index (χ0n) is 9.41. The zero-order valence-corrected chi connectivity index (χ0v) is 11.0. The summed E-state index contributed by atoms with van der Waals surface area (Å²) in [7, 11) is 0. The number of nitrogens with one attached hydrogen (secondary N) is 1. The van der Waals surface area contributed by atoms with E-state index in [1.54, 1.807) is 24.5 Å². The lowest BCUT2D eigenvalue weighted by molar-refractivity contribution is 0.441. The first-order valence-electron chi connectivity index (χ1n) is 5.44. The molecular weight excluding hydrogens is 285 g/mol. The highest BCUT2D eigenvalue weighted by Gasteiger charge is 2.20. The predicted molar refractivity (Wildman–Crippen MR) is 68.3 cm³/mol. The van der Waals surface area contributed by atoms with Gasteiger partial charge in [0.2, 0.25) is 0 Å². The molecule has 4 heteroatoms. The Balaban J connectivity index is 2.43. The van der Waals surface area contributed by atoms with Crippen molar-refractivity contribution in [2.24, 2.45) is 0 Å². The molecule has 1 N–H and O–H groups in total. The third-order valence-electron chi connectivity index (χ3n) is 2.53. The molecule has 0 spiro atoms. The summed E-state index contributed by atoms with van der Waals surface area (Å²) in [5.41, 5.74) is 0.580. The van der Waals surface area contributed by atoms with E-state index < -0.39 is 0 Å². The van der Waals surface area contributed by atoms with Crippen LogP contribution in [0, 0.1) is 5.82 Å². The van der Waals surface area contributed by atoms with Crippen molar-refractivity contribution >= 4 is 15.9 Å². The van der Waals surface area contributed by atoms with Gasteiger partial charge in [0.05, 0.1) is 16.8 Å². The molecule has 17 heavy (non-hydrogen) atoms. The summed E-state index contributed by atoms with van der Waals surface area (Å²) in [5.74, 6) is 0.457. The topological polar surface area (TPSA) is 25.2 Å². The standard InChI is InChI=1S/C13H13BrFNO/c1-2-16-13(11-7-4-8-17-11)9-5-3-6-10(14)12(9)15/h3-8,13,16H,2H2,1H3. The van der Waals surface area contributed by atoms with Gasteiger partial charge in [0.15, 0.2) is 0 Å². The quantitative estimate of drug-likeness (QED) is 0.926. The molecule has 1 unspecified atom stereocenters. The highest BCUT2D eigenvalue weighted by atomic mass is 79.9. The van der Waals surface area contributed by atoms with E-state index in [2.05, 4.69) is 21.2 Å². The Bertz CT molecular complexity index is 484. The molecule has 0 aliphatic carbocycles. The van der Waals surface area contributed by atoms with Gasteiger partial charge in [-0.1, -0.05) is 19.1 Å². The smallest absolute Gasteiger partial charge is 0.142 e. The summed E-state index contributed by atoms with van der Waals surface area (Å²) in [6, 6.07) is 8.64. The van der Waals surface area contributed by atoms with E-state index in [9.17, 15) is 4.39 Å². The molecule has 2 rings (SSSR count). The minimum atomic E-state index is -0.257. The first-order valence-corrected chi connectivity index (χ1v) is 6.24. The van der Waals surface area contributed by atoms with Gasteiger partial charge in [-0.2, -0.15) is 0 Å². The maximum atomic E-state index is 14.0. The van der Waals surface area contributed by atoms with Gasteiger partial charge in [-0.25, -0.2) is 4.39 Å². The summed E-state index contributed by atoms with van der Waals surface area (Å²) >= 11 is 3.20. The van der Waals surface area contributed by atoms with Crippen molar-refractivity contribution in [1.29, 1.82) is 0 Å². The van der Waals surface area contributed by atoms with Crippen LogP contribution in [0.4, 0.5) is 4.39 Å². The van der Waals surface area contributed by atoms with E-state index in [1.165, 1.54) is 0 Å². The average Bonchev–Trinajstić information content (AvgIpc) is 2.84. The van der Waals surface area contributed by atoms with E-state index in [-0.39, 0.29) is 11.9 Å². The summed E-state index contributed by atoms with van der Waals surface area (Å²) in [6.45, 7) is 2.71. The highest BCUT2D eigenvalue weighted by molar-refractivity contribution is 9.10. The normalized spacial score (nSPS) is 12.6. The van der Waals surface area contributed by atoms with Crippen LogP contribution in [0.15, 0.2) is 45.5 Å². The predicted octanol–water partition coefficient (Wildman–Crippen LogP) is 3.88.